The number of aryl methyl sites for hydroxylation is 3. The van der Waals surface area contributed by atoms with Gasteiger partial charge in [-0.1, -0.05) is 47.8 Å². The van der Waals surface area contributed by atoms with Crippen LogP contribution in [0.25, 0.3) is 32.7 Å². The number of anilines is 6. The number of alkyl halides is 6. The minimum absolute atomic E-state index is 0.0174. The van der Waals surface area contributed by atoms with E-state index in [-0.39, 0.29) is 52.7 Å². The molecule has 2 aliphatic heterocycles. The molecule has 31 heteroatoms. The van der Waals surface area contributed by atoms with Gasteiger partial charge in [0.05, 0.1) is 63.5 Å². The smallest absolute Gasteiger partial charge is 0.382 e. The largest absolute Gasteiger partial charge is 0.416 e. The molecule has 0 radical (unpaired) electrons. The number of piperazine rings is 1. The minimum Gasteiger partial charge on any atom is -0.382 e. The first-order valence-corrected chi connectivity index (χ1v) is 35.6. The van der Waals surface area contributed by atoms with E-state index in [9.17, 15) is 45.1 Å². The van der Waals surface area contributed by atoms with E-state index in [2.05, 4.69) is 101 Å². The molecule has 9 N–H and O–H groups in total. The molecule has 14 rings (SSSR count). The van der Waals surface area contributed by atoms with Gasteiger partial charge in [0.2, 0.25) is 0 Å². The Labute approximate surface area is 650 Å². The van der Waals surface area contributed by atoms with Gasteiger partial charge in [0.25, 0.3) is 17.7 Å². The molecule has 3 amide bonds. The third-order valence-corrected chi connectivity index (χ3v) is 18.5. The number of nitrogens with one attached hydrogen (secondary N) is 3. The van der Waals surface area contributed by atoms with Crippen LogP contribution in [0.3, 0.4) is 0 Å². The Morgan fingerprint density at radius 2 is 0.886 bits per heavy atom. The molecule has 0 aliphatic carbocycles. The molecule has 11 heterocycles. The maximum atomic E-state index is 14.4. The van der Waals surface area contributed by atoms with Gasteiger partial charge in [0.1, 0.15) is 45.5 Å². The van der Waals surface area contributed by atoms with Gasteiger partial charge in [-0.2, -0.15) is 31.4 Å². The first-order chi connectivity index (χ1) is 54.6. The second kappa shape index (κ2) is 35.3. The number of rotatable bonds is 12. The van der Waals surface area contributed by atoms with Crippen molar-refractivity contribution >= 4 is 84.9 Å². The van der Waals surface area contributed by atoms with E-state index >= 15 is 0 Å². The molecule has 9 aromatic heterocycles. The molecular formula is C83H75F7N20O4. The molecule has 0 saturated carbocycles. The number of likely N-dealkylation sites (N-methyl/N-ethyl adjacent to an activating group) is 1. The molecule has 0 bridgehead atoms. The number of hydrogen-bond acceptors (Lipinski definition) is 20. The highest BCUT2D eigenvalue weighted by molar-refractivity contribution is 6.06. The summed E-state index contributed by atoms with van der Waals surface area (Å²) in [5.41, 5.74) is 24.2. The number of ether oxygens (including phenoxy) is 1. The third-order valence-electron chi connectivity index (χ3n) is 18.5. The predicted molar refractivity (Wildman–Crippen MR) is 420 cm³/mol. The van der Waals surface area contributed by atoms with Crippen LogP contribution in [0.4, 0.5) is 65.2 Å². The van der Waals surface area contributed by atoms with Crippen LogP contribution in [0.1, 0.15) is 104 Å². The zero-order valence-corrected chi connectivity index (χ0v) is 62.6. The van der Waals surface area contributed by atoms with E-state index < -0.39 is 41.2 Å². The molecule has 24 nitrogen and oxygen atoms in total. The molecule has 2 aliphatic rings. The Kier molecular flexibility index (Phi) is 24.9. The van der Waals surface area contributed by atoms with Crippen molar-refractivity contribution in [1.82, 2.24) is 69.3 Å². The number of halogens is 7. The summed E-state index contributed by atoms with van der Waals surface area (Å²) >= 11 is 0. The average Bonchev–Trinajstić information content (AvgIpc) is 1.20. The predicted octanol–water partition coefficient (Wildman–Crippen LogP) is 11.6. The number of nitrogens with two attached hydrogens (primary N) is 3. The number of benzene rings is 3. The highest BCUT2D eigenvalue weighted by Crippen LogP contribution is 2.37. The van der Waals surface area contributed by atoms with Crippen molar-refractivity contribution in [2.45, 2.75) is 45.8 Å². The molecule has 0 unspecified atom stereocenters. The fraction of sp³-hybridized carbons (Fsp3) is 0.229. The summed E-state index contributed by atoms with van der Waals surface area (Å²) in [6.45, 7) is 9.44. The van der Waals surface area contributed by atoms with E-state index in [4.69, 9.17) is 21.9 Å². The van der Waals surface area contributed by atoms with Gasteiger partial charge in [-0.25, -0.2) is 19.3 Å². The van der Waals surface area contributed by atoms with Gasteiger partial charge in [0.15, 0.2) is 5.69 Å². The lowest BCUT2D eigenvalue weighted by molar-refractivity contribution is -0.139. The molecule has 2 saturated heterocycles. The number of nitrogens with zero attached hydrogens (tertiary/aromatic N) is 14. The zero-order chi connectivity index (χ0) is 81.0. The Morgan fingerprint density at radius 1 is 0.482 bits per heavy atom. The maximum absolute atomic E-state index is 14.4. The summed E-state index contributed by atoms with van der Waals surface area (Å²) in [6.07, 6.45) is 3.25. The molecule has 0 atom stereocenters. The molecule has 3 aromatic carbocycles. The van der Waals surface area contributed by atoms with Gasteiger partial charge in [0, 0.05) is 172 Å². The number of hydrogen-bond donors (Lipinski definition) is 6. The van der Waals surface area contributed by atoms with E-state index in [1.165, 1.54) is 53.5 Å². The van der Waals surface area contributed by atoms with Gasteiger partial charge in [-0.15, -0.1) is 0 Å². The third kappa shape index (κ3) is 20.0. The lowest BCUT2D eigenvalue weighted by Gasteiger charge is -2.33. The average molecular weight is 1550 g/mol. The Hall–Kier alpha value is -13.4. The van der Waals surface area contributed by atoms with Crippen molar-refractivity contribution in [2.24, 2.45) is 7.05 Å². The van der Waals surface area contributed by atoms with Gasteiger partial charge < -0.3 is 47.7 Å². The highest BCUT2D eigenvalue weighted by Gasteiger charge is 2.36. The Morgan fingerprint density at radius 3 is 1.32 bits per heavy atom. The molecule has 580 valence electrons. The zero-order valence-electron chi connectivity index (χ0n) is 62.6. The van der Waals surface area contributed by atoms with Crippen LogP contribution >= 0.6 is 0 Å². The summed E-state index contributed by atoms with van der Waals surface area (Å²) in [5, 5.41) is 14.3. The van der Waals surface area contributed by atoms with Crippen LogP contribution in [0.15, 0.2) is 159 Å². The Balaban J connectivity index is 0.000000159. The monoisotopic (exact) mass is 1550 g/mol. The van der Waals surface area contributed by atoms with Crippen molar-refractivity contribution in [2.75, 3.05) is 107 Å². The molecule has 0 spiro atoms. The van der Waals surface area contributed by atoms with Crippen molar-refractivity contribution in [3.8, 4) is 35.5 Å². The summed E-state index contributed by atoms with van der Waals surface area (Å²) in [6, 6.07) is 27.9. The number of carbonyl (C=O) groups excluding carboxylic acids is 3. The second-order valence-electron chi connectivity index (χ2n) is 27.0. The fourth-order valence-corrected chi connectivity index (χ4v) is 12.3. The van der Waals surface area contributed by atoms with Crippen LogP contribution in [0.5, 0.6) is 0 Å². The highest BCUT2D eigenvalue weighted by atomic mass is 19.4. The van der Waals surface area contributed by atoms with Crippen LogP contribution in [-0.4, -0.2) is 161 Å². The second-order valence-corrected chi connectivity index (χ2v) is 27.0. The van der Waals surface area contributed by atoms with E-state index in [0.717, 1.165) is 41.4 Å². The van der Waals surface area contributed by atoms with Crippen LogP contribution in [0.2, 0.25) is 0 Å². The molecular weight excluding hydrogens is 1470 g/mol. The number of morpholine rings is 1. The normalized spacial score (nSPS) is 13.2. The molecule has 12 aromatic rings. The van der Waals surface area contributed by atoms with E-state index in [0.29, 0.717) is 142 Å². The van der Waals surface area contributed by atoms with Crippen molar-refractivity contribution in [1.29, 1.82) is 0 Å². The molecule has 2 fully saturated rings. The number of amides is 3. The number of aromatic nitrogens is 10. The van der Waals surface area contributed by atoms with E-state index in [1.807, 2.05) is 61.0 Å². The van der Waals surface area contributed by atoms with Crippen molar-refractivity contribution in [3.63, 3.8) is 0 Å². The first kappa shape index (κ1) is 80.2. The summed E-state index contributed by atoms with van der Waals surface area (Å²) in [4.78, 5) is 80.3. The number of nitrogen functional groups attached to an aromatic ring is 3. The topological polar surface area (TPSA) is 308 Å². The number of fused-ring (bicyclic) bond motifs is 3. The van der Waals surface area contributed by atoms with Gasteiger partial charge >= 0.3 is 12.4 Å². The summed E-state index contributed by atoms with van der Waals surface area (Å²) in [7, 11) is 7.34. The van der Waals surface area contributed by atoms with E-state index in [1.54, 1.807) is 93.6 Å². The molecule has 114 heavy (non-hydrogen) atoms. The maximum Gasteiger partial charge on any atom is 0.416 e. The van der Waals surface area contributed by atoms with Crippen molar-refractivity contribution in [3.05, 3.63) is 254 Å². The lowest BCUT2D eigenvalue weighted by Crippen LogP contribution is -2.44. The lowest BCUT2D eigenvalue weighted by atomic mass is 10.0. The fourth-order valence-electron chi connectivity index (χ4n) is 12.3. The summed E-state index contributed by atoms with van der Waals surface area (Å²) < 4.78 is 104. The first-order valence-electron chi connectivity index (χ1n) is 35.6. The van der Waals surface area contributed by atoms with Crippen LogP contribution in [-0.2, 0) is 43.8 Å². The van der Waals surface area contributed by atoms with Crippen LogP contribution < -0.4 is 33.2 Å². The minimum atomic E-state index is -4.58. The van der Waals surface area contributed by atoms with Crippen molar-refractivity contribution < 1.29 is 49.9 Å². The van der Waals surface area contributed by atoms with Crippen LogP contribution in [0, 0.1) is 55.2 Å². The SMILES string of the molecule is CN1CCN(Cc2ccc(NC(=O)c3cc(C#Cc4cnc(N)c5ncccc45)n(C)n3)cc2C(F)(F)F)CC1.Cc1ncc(C(=O)Nc2ccc(CN(C)C)c(F)c2)cc1C#Cc1cnc(N)c2ncccc12.Cc1ncc(C(=O)Nc2ccc(CN3CCOCC3)c(C(F)(F)F)c2)cc1C#Cc1cnc(N)c2ncccc12. The Bertz CT molecular complexity index is 5850. The quantitative estimate of drug-likeness (QED) is 0.0489. The number of carbonyl (C=O) groups is 3. The summed E-state index contributed by atoms with van der Waals surface area (Å²) in [5.74, 6) is 17.1. The number of pyridine rings is 8. The standard InChI is InChI=1S/C29H25F3N6O2.C28H27F3N8O.C26H23FN6O/c1-18-19(4-5-20-15-36-27(33)26-24(20)3-2-8-34-26)13-22(16-35-18)28(39)37-23-7-6-21(25(14-23)29(30,31)32)17-38-9-11-40-12-10-38;1-37-10-12-39(13-11-37)17-19-5-7-20(14-23(19)28(29,30)31)35-27(40)24-15-21(38(2)36-24)8-6-18-16-34-26(32)25-22(18)4-3-9-33-25;1-16-17(6-7-18-13-31-25(28)24-22(18)5-4-10-29-24)11-20(14-30-16)26(34)32-21-9-8-19(15-33(2)3)23(27)12-21/h2-3,6-8,13-16H,9-12,17H2,1H3,(H2,33,36)(H,37,39);3-5,7,9,14-16H,10-13,17H2,1-2H3,(H2,32,34)(H,35,40);4-5,8-14H,15H2,1-3H3,(H2,28,31)(H,32,34). The van der Waals surface area contributed by atoms with Gasteiger partial charge in [-0.3, -0.25) is 53.8 Å². The van der Waals surface area contributed by atoms with Gasteiger partial charge in [-0.05, 0) is 137 Å².